The van der Waals surface area contributed by atoms with Gasteiger partial charge in [0.15, 0.2) is 11.6 Å². The Balaban J connectivity index is 2.24. The topological polar surface area (TPSA) is 29.5 Å². The Labute approximate surface area is 97.0 Å². The van der Waals surface area contributed by atoms with Gasteiger partial charge in [-0.05, 0) is 25.8 Å². The Morgan fingerprint density at radius 1 is 1.18 bits per heavy atom. The quantitative estimate of drug-likeness (QED) is 0.813. The van der Waals surface area contributed by atoms with Crippen LogP contribution in [0.5, 0.6) is 0 Å². The summed E-state index contributed by atoms with van der Waals surface area (Å²) >= 11 is 0. The van der Waals surface area contributed by atoms with Crippen molar-refractivity contribution < 1.29 is 23.0 Å². The molecule has 5 heteroatoms. The Bertz CT molecular complexity index is 422. The molecule has 0 saturated carbocycles. The Morgan fingerprint density at radius 3 is 2.41 bits per heavy atom. The number of hydrogen-bond acceptors (Lipinski definition) is 2. The summed E-state index contributed by atoms with van der Waals surface area (Å²) in [5.41, 5.74) is -0.261. The van der Waals surface area contributed by atoms with Gasteiger partial charge in [0.25, 0.3) is 0 Å². The molecule has 17 heavy (non-hydrogen) atoms. The van der Waals surface area contributed by atoms with Crippen LogP contribution in [-0.2, 0) is 4.74 Å². The third kappa shape index (κ3) is 2.45. The Hall–Kier alpha value is -1.07. The zero-order chi connectivity index (χ0) is 12.6. The van der Waals surface area contributed by atoms with Crippen molar-refractivity contribution in [1.29, 1.82) is 0 Å². The molecule has 1 aliphatic rings. The predicted molar refractivity (Wildman–Crippen MR) is 54.8 cm³/mol. The minimum absolute atomic E-state index is 0.0111. The molecule has 1 fully saturated rings. The van der Waals surface area contributed by atoms with Crippen LogP contribution in [0.1, 0.15) is 31.4 Å². The predicted octanol–water partition coefficient (Wildman–Crippen LogP) is 2.70. The lowest BCUT2D eigenvalue weighted by molar-refractivity contribution is -0.0312. The number of aliphatic hydroxyl groups excluding tert-OH is 1. The minimum Gasteiger partial charge on any atom is -0.386 e. The second-order valence-corrected chi connectivity index (χ2v) is 4.30. The third-order valence-electron chi connectivity index (χ3n) is 2.98. The van der Waals surface area contributed by atoms with Crippen LogP contribution in [-0.4, -0.2) is 17.3 Å². The van der Waals surface area contributed by atoms with E-state index < -0.39 is 29.7 Å². The van der Waals surface area contributed by atoms with Crippen LogP contribution in [0.3, 0.4) is 0 Å². The molecular formula is C12H13F3O2. The van der Waals surface area contributed by atoms with Crippen molar-refractivity contribution in [2.45, 2.75) is 38.1 Å². The van der Waals surface area contributed by atoms with Crippen LogP contribution >= 0.6 is 0 Å². The Morgan fingerprint density at radius 2 is 1.82 bits per heavy atom. The lowest BCUT2D eigenvalue weighted by atomic mass is 10.0. The summed E-state index contributed by atoms with van der Waals surface area (Å²) in [6.45, 7) is 1.84. The molecular weight excluding hydrogens is 233 g/mol. The zero-order valence-corrected chi connectivity index (χ0v) is 9.29. The molecule has 2 rings (SSSR count). The van der Waals surface area contributed by atoms with Gasteiger partial charge in [-0.3, -0.25) is 0 Å². The first-order chi connectivity index (χ1) is 7.99. The van der Waals surface area contributed by atoms with Gasteiger partial charge in [-0.2, -0.15) is 0 Å². The van der Waals surface area contributed by atoms with Gasteiger partial charge in [0.05, 0.1) is 12.2 Å². The standard InChI is InChI=1S/C12H13F3O2/c1-6-2-3-11(17-6)12(16)7-4-9(14)10(15)5-8(7)13/h4-6,11-12,16H,2-3H2,1H3. The average Bonchev–Trinajstić information content (AvgIpc) is 2.69. The molecule has 0 aliphatic carbocycles. The number of ether oxygens (including phenoxy) is 1. The van der Waals surface area contributed by atoms with Crippen LogP contribution in [0.25, 0.3) is 0 Å². The maximum absolute atomic E-state index is 13.4. The minimum atomic E-state index is -1.27. The van der Waals surface area contributed by atoms with Gasteiger partial charge in [-0.1, -0.05) is 0 Å². The molecule has 2 nitrogen and oxygen atoms in total. The molecule has 1 saturated heterocycles. The fraction of sp³-hybridized carbons (Fsp3) is 0.500. The summed E-state index contributed by atoms with van der Waals surface area (Å²) in [4.78, 5) is 0. The van der Waals surface area contributed by atoms with Gasteiger partial charge in [0, 0.05) is 11.6 Å². The van der Waals surface area contributed by atoms with E-state index in [1.165, 1.54) is 0 Å². The molecule has 1 aliphatic heterocycles. The van der Waals surface area contributed by atoms with Gasteiger partial charge in [0.2, 0.25) is 0 Å². The second kappa shape index (κ2) is 4.66. The molecule has 0 bridgehead atoms. The van der Waals surface area contributed by atoms with E-state index in [1.54, 1.807) is 0 Å². The highest BCUT2D eigenvalue weighted by molar-refractivity contribution is 5.23. The molecule has 1 N–H and O–H groups in total. The van der Waals surface area contributed by atoms with Crippen molar-refractivity contribution in [2.75, 3.05) is 0 Å². The summed E-state index contributed by atoms with van der Waals surface area (Å²) in [6, 6.07) is 1.12. The zero-order valence-electron chi connectivity index (χ0n) is 9.29. The van der Waals surface area contributed by atoms with E-state index in [4.69, 9.17) is 4.74 Å². The van der Waals surface area contributed by atoms with Crippen LogP contribution in [0.15, 0.2) is 12.1 Å². The van der Waals surface area contributed by atoms with Crippen LogP contribution in [0.2, 0.25) is 0 Å². The molecule has 3 unspecified atom stereocenters. The molecule has 0 aromatic heterocycles. The summed E-state index contributed by atoms with van der Waals surface area (Å²) in [5, 5.41) is 9.88. The van der Waals surface area contributed by atoms with Gasteiger partial charge in [-0.25, -0.2) is 13.2 Å². The molecule has 0 spiro atoms. The number of rotatable bonds is 2. The van der Waals surface area contributed by atoms with Crippen molar-refractivity contribution in [3.05, 3.63) is 35.1 Å². The maximum Gasteiger partial charge on any atom is 0.161 e. The smallest absolute Gasteiger partial charge is 0.161 e. The number of benzene rings is 1. The molecule has 0 radical (unpaired) electrons. The maximum atomic E-state index is 13.4. The van der Waals surface area contributed by atoms with Crippen LogP contribution < -0.4 is 0 Å². The highest BCUT2D eigenvalue weighted by Crippen LogP contribution is 2.31. The monoisotopic (exact) mass is 246 g/mol. The van der Waals surface area contributed by atoms with Gasteiger partial charge in [0.1, 0.15) is 11.9 Å². The van der Waals surface area contributed by atoms with E-state index in [2.05, 4.69) is 0 Å². The average molecular weight is 246 g/mol. The van der Waals surface area contributed by atoms with Crippen molar-refractivity contribution in [3.8, 4) is 0 Å². The van der Waals surface area contributed by atoms with E-state index >= 15 is 0 Å². The van der Waals surface area contributed by atoms with Crippen molar-refractivity contribution in [2.24, 2.45) is 0 Å². The summed E-state index contributed by atoms with van der Waals surface area (Å²) in [6.07, 6.45) is -0.518. The highest BCUT2D eigenvalue weighted by Gasteiger charge is 2.31. The Kier molecular flexibility index (Phi) is 3.40. The van der Waals surface area contributed by atoms with Crippen LogP contribution in [0.4, 0.5) is 13.2 Å². The third-order valence-corrected chi connectivity index (χ3v) is 2.98. The largest absolute Gasteiger partial charge is 0.386 e. The van der Waals surface area contributed by atoms with Gasteiger partial charge < -0.3 is 9.84 Å². The first-order valence-corrected chi connectivity index (χ1v) is 5.47. The molecule has 3 atom stereocenters. The number of halogens is 3. The highest BCUT2D eigenvalue weighted by atomic mass is 19.2. The molecule has 94 valence electrons. The van der Waals surface area contributed by atoms with Crippen molar-refractivity contribution in [1.82, 2.24) is 0 Å². The van der Waals surface area contributed by atoms with Crippen molar-refractivity contribution in [3.63, 3.8) is 0 Å². The fourth-order valence-electron chi connectivity index (χ4n) is 2.03. The molecule has 0 amide bonds. The van der Waals surface area contributed by atoms with E-state index in [9.17, 15) is 18.3 Å². The van der Waals surface area contributed by atoms with Gasteiger partial charge in [-0.15, -0.1) is 0 Å². The summed E-state index contributed by atoms with van der Waals surface area (Å²) in [5.74, 6) is -3.40. The lowest BCUT2D eigenvalue weighted by Gasteiger charge is -2.19. The molecule has 1 aromatic carbocycles. The molecule has 1 heterocycles. The van der Waals surface area contributed by atoms with Gasteiger partial charge >= 0.3 is 0 Å². The summed E-state index contributed by atoms with van der Waals surface area (Å²) in [7, 11) is 0. The van der Waals surface area contributed by atoms with E-state index in [0.717, 1.165) is 6.42 Å². The normalized spacial score (nSPS) is 26.2. The van der Waals surface area contributed by atoms with Crippen LogP contribution in [0, 0.1) is 17.5 Å². The first-order valence-electron chi connectivity index (χ1n) is 5.47. The van der Waals surface area contributed by atoms with E-state index in [-0.39, 0.29) is 11.7 Å². The number of hydrogen-bond donors (Lipinski definition) is 1. The summed E-state index contributed by atoms with van der Waals surface area (Å²) < 4.78 is 44.5. The SMILES string of the molecule is CC1CCC(C(O)c2cc(F)c(F)cc2F)O1. The van der Waals surface area contributed by atoms with E-state index in [0.29, 0.717) is 18.6 Å². The second-order valence-electron chi connectivity index (χ2n) is 4.30. The van der Waals surface area contributed by atoms with E-state index in [1.807, 2.05) is 6.92 Å². The fourth-order valence-corrected chi connectivity index (χ4v) is 2.03. The van der Waals surface area contributed by atoms with Crippen molar-refractivity contribution >= 4 is 0 Å². The lowest BCUT2D eigenvalue weighted by Crippen LogP contribution is -2.20. The molecule has 1 aromatic rings. The first kappa shape index (κ1) is 12.4. The number of aliphatic hydroxyl groups is 1.